The Balaban J connectivity index is 2.11. The Hall–Kier alpha value is -2.75. The number of carbonyl (C=O) groups is 1. The third-order valence-corrected chi connectivity index (χ3v) is 3.54. The zero-order valence-electron chi connectivity index (χ0n) is 12.3. The number of aryl methyl sites for hydroxylation is 1. The molecule has 0 aliphatic carbocycles. The van der Waals surface area contributed by atoms with Gasteiger partial charge in [-0.1, -0.05) is 41.6 Å². The summed E-state index contributed by atoms with van der Waals surface area (Å²) in [5.41, 5.74) is 3.56. The summed E-state index contributed by atoms with van der Waals surface area (Å²) in [5.74, 6) is 0.320. The molecule has 4 heteroatoms. The molecule has 0 spiro atoms. The van der Waals surface area contributed by atoms with Gasteiger partial charge in [0.05, 0.1) is 5.56 Å². The normalized spacial score (nSPS) is 10.7. The molecule has 0 amide bonds. The topological polar surface area (TPSA) is 43.1 Å². The first-order valence-electron chi connectivity index (χ1n) is 6.90. The van der Waals surface area contributed by atoms with Crippen molar-refractivity contribution in [1.29, 1.82) is 0 Å². The molecule has 3 nitrogen and oxygen atoms in total. The van der Waals surface area contributed by atoms with Gasteiger partial charge in [0.15, 0.2) is 5.78 Å². The zero-order valence-corrected chi connectivity index (χ0v) is 12.3. The van der Waals surface area contributed by atoms with E-state index in [-0.39, 0.29) is 11.6 Å². The highest BCUT2D eigenvalue weighted by Gasteiger charge is 2.17. The van der Waals surface area contributed by atoms with Crippen LogP contribution in [0.5, 0.6) is 0 Å². The molecule has 0 radical (unpaired) electrons. The maximum atomic E-state index is 13.5. The van der Waals surface area contributed by atoms with E-state index < -0.39 is 0 Å². The van der Waals surface area contributed by atoms with Crippen LogP contribution in [0.15, 0.2) is 53.1 Å². The number of carbonyl (C=O) groups excluding carboxylic acids is 1. The molecule has 0 bridgehead atoms. The molecule has 0 aliphatic rings. The second-order valence-electron chi connectivity index (χ2n) is 5.11. The molecule has 2 aromatic carbocycles. The number of benzene rings is 2. The quantitative estimate of drug-likeness (QED) is 0.660. The number of hydrogen-bond acceptors (Lipinski definition) is 3. The van der Waals surface area contributed by atoms with E-state index in [1.807, 2.05) is 18.2 Å². The minimum Gasteiger partial charge on any atom is -0.360 e. The first-order valence-corrected chi connectivity index (χ1v) is 6.90. The third-order valence-electron chi connectivity index (χ3n) is 3.54. The van der Waals surface area contributed by atoms with Gasteiger partial charge in [-0.15, -0.1) is 0 Å². The fourth-order valence-corrected chi connectivity index (χ4v) is 2.42. The van der Waals surface area contributed by atoms with E-state index in [0.29, 0.717) is 22.6 Å². The summed E-state index contributed by atoms with van der Waals surface area (Å²) < 4.78 is 18.8. The molecule has 22 heavy (non-hydrogen) atoms. The molecule has 0 saturated carbocycles. The number of aromatic nitrogens is 1. The predicted octanol–water partition coefficient (Wildman–Crippen LogP) is 4.66. The summed E-state index contributed by atoms with van der Waals surface area (Å²) in [6, 6.07) is 13.4. The number of hydrogen-bond donors (Lipinski definition) is 0. The second kappa shape index (κ2) is 5.56. The maximum Gasteiger partial charge on any atom is 0.159 e. The first kappa shape index (κ1) is 14.2. The second-order valence-corrected chi connectivity index (χ2v) is 5.11. The molecule has 0 aliphatic heterocycles. The van der Waals surface area contributed by atoms with Crippen molar-refractivity contribution in [1.82, 2.24) is 5.16 Å². The molecule has 0 atom stereocenters. The number of nitrogens with zero attached hydrogens (tertiary/aromatic N) is 1. The standard InChI is InChI=1S/C18H14FNO2/c1-11(21)13-6-8-14(9-7-13)18-17(12(2)22-20-18)15-4-3-5-16(19)10-15/h3-10H,1-2H3. The summed E-state index contributed by atoms with van der Waals surface area (Å²) in [6.07, 6.45) is 0. The zero-order chi connectivity index (χ0) is 15.7. The lowest BCUT2D eigenvalue weighted by atomic mass is 9.98. The van der Waals surface area contributed by atoms with Crippen molar-refractivity contribution in [2.24, 2.45) is 0 Å². The fourth-order valence-electron chi connectivity index (χ4n) is 2.42. The first-order chi connectivity index (χ1) is 10.6. The highest BCUT2D eigenvalue weighted by Crippen LogP contribution is 2.34. The molecule has 0 saturated heterocycles. The average molecular weight is 295 g/mol. The van der Waals surface area contributed by atoms with Crippen LogP contribution >= 0.6 is 0 Å². The lowest BCUT2D eigenvalue weighted by Crippen LogP contribution is -1.91. The Morgan fingerprint density at radius 3 is 2.45 bits per heavy atom. The van der Waals surface area contributed by atoms with Gasteiger partial charge in [-0.05, 0) is 31.5 Å². The van der Waals surface area contributed by atoms with Crippen LogP contribution in [0, 0.1) is 12.7 Å². The molecule has 1 heterocycles. The molecule has 1 aromatic heterocycles. The van der Waals surface area contributed by atoms with Gasteiger partial charge in [0.25, 0.3) is 0 Å². The third kappa shape index (κ3) is 2.55. The van der Waals surface area contributed by atoms with Crippen molar-refractivity contribution in [3.8, 4) is 22.4 Å². The number of halogens is 1. The van der Waals surface area contributed by atoms with Crippen LogP contribution in [0.3, 0.4) is 0 Å². The smallest absolute Gasteiger partial charge is 0.159 e. The van der Waals surface area contributed by atoms with E-state index in [0.717, 1.165) is 11.1 Å². The van der Waals surface area contributed by atoms with E-state index in [4.69, 9.17) is 4.52 Å². The minimum absolute atomic E-state index is 0.00763. The van der Waals surface area contributed by atoms with Gasteiger partial charge in [0.1, 0.15) is 17.3 Å². The van der Waals surface area contributed by atoms with Gasteiger partial charge in [-0.3, -0.25) is 4.79 Å². The van der Waals surface area contributed by atoms with Crippen molar-refractivity contribution in [2.75, 3.05) is 0 Å². The summed E-state index contributed by atoms with van der Waals surface area (Å²) in [7, 11) is 0. The number of ketones is 1. The highest BCUT2D eigenvalue weighted by molar-refractivity contribution is 5.94. The molecular weight excluding hydrogens is 281 g/mol. The van der Waals surface area contributed by atoms with Crippen LogP contribution in [-0.2, 0) is 0 Å². The Morgan fingerprint density at radius 1 is 1.09 bits per heavy atom. The van der Waals surface area contributed by atoms with Gasteiger partial charge >= 0.3 is 0 Å². The average Bonchev–Trinajstić information content (AvgIpc) is 2.89. The van der Waals surface area contributed by atoms with E-state index >= 15 is 0 Å². The molecule has 0 fully saturated rings. The Morgan fingerprint density at radius 2 is 1.82 bits per heavy atom. The summed E-state index contributed by atoms with van der Waals surface area (Å²) in [6.45, 7) is 3.31. The van der Waals surface area contributed by atoms with E-state index in [2.05, 4.69) is 5.16 Å². The van der Waals surface area contributed by atoms with Crippen LogP contribution in [0.25, 0.3) is 22.4 Å². The van der Waals surface area contributed by atoms with Gasteiger partial charge in [-0.25, -0.2) is 4.39 Å². The van der Waals surface area contributed by atoms with Gasteiger partial charge in [-0.2, -0.15) is 0 Å². The van der Waals surface area contributed by atoms with Crippen LogP contribution in [0.1, 0.15) is 23.0 Å². The Bertz CT molecular complexity index is 835. The van der Waals surface area contributed by atoms with Crippen LogP contribution in [0.4, 0.5) is 4.39 Å². The van der Waals surface area contributed by atoms with Crippen molar-refractivity contribution in [3.05, 3.63) is 65.7 Å². The summed E-state index contributed by atoms with van der Waals surface area (Å²) in [4.78, 5) is 11.3. The number of Topliss-reactive ketones (excluding diaryl/α,β-unsaturated/α-hetero) is 1. The predicted molar refractivity (Wildman–Crippen MR) is 82.1 cm³/mol. The lowest BCUT2D eigenvalue weighted by molar-refractivity contribution is 0.101. The fraction of sp³-hybridized carbons (Fsp3) is 0.111. The molecular formula is C18H14FNO2. The van der Waals surface area contributed by atoms with Crippen molar-refractivity contribution < 1.29 is 13.7 Å². The maximum absolute atomic E-state index is 13.5. The van der Waals surface area contributed by atoms with Gasteiger partial charge in [0.2, 0.25) is 0 Å². The van der Waals surface area contributed by atoms with E-state index in [9.17, 15) is 9.18 Å². The Labute approximate surface area is 127 Å². The molecule has 0 N–H and O–H groups in total. The molecule has 3 rings (SSSR count). The molecule has 110 valence electrons. The highest BCUT2D eigenvalue weighted by atomic mass is 19.1. The summed E-state index contributed by atoms with van der Waals surface area (Å²) >= 11 is 0. The lowest BCUT2D eigenvalue weighted by Gasteiger charge is -2.04. The van der Waals surface area contributed by atoms with Gasteiger partial charge in [0, 0.05) is 11.1 Å². The largest absolute Gasteiger partial charge is 0.360 e. The summed E-state index contributed by atoms with van der Waals surface area (Å²) in [5, 5.41) is 4.08. The van der Waals surface area contributed by atoms with Crippen molar-refractivity contribution in [2.45, 2.75) is 13.8 Å². The van der Waals surface area contributed by atoms with Gasteiger partial charge < -0.3 is 4.52 Å². The van der Waals surface area contributed by atoms with E-state index in [1.54, 1.807) is 25.1 Å². The minimum atomic E-state index is -0.309. The Kier molecular flexibility index (Phi) is 3.59. The van der Waals surface area contributed by atoms with Crippen LogP contribution < -0.4 is 0 Å². The van der Waals surface area contributed by atoms with Crippen LogP contribution in [0.2, 0.25) is 0 Å². The number of rotatable bonds is 3. The van der Waals surface area contributed by atoms with E-state index in [1.165, 1.54) is 19.1 Å². The monoisotopic (exact) mass is 295 g/mol. The van der Waals surface area contributed by atoms with Crippen LogP contribution in [-0.4, -0.2) is 10.9 Å². The molecule has 3 aromatic rings. The molecule has 0 unspecified atom stereocenters. The van der Waals surface area contributed by atoms with Crippen molar-refractivity contribution >= 4 is 5.78 Å². The SMILES string of the molecule is CC(=O)c1ccc(-c2noc(C)c2-c2cccc(F)c2)cc1. The van der Waals surface area contributed by atoms with Crippen molar-refractivity contribution in [3.63, 3.8) is 0 Å².